The van der Waals surface area contributed by atoms with E-state index in [-0.39, 0.29) is 31.1 Å². The van der Waals surface area contributed by atoms with E-state index in [1.54, 1.807) is 0 Å². The maximum Gasteiger partial charge on any atom is 0.306 e. The first-order valence-corrected chi connectivity index (χ1v) is 23.9. The number of esters is 3. The zero-order valence-corrected chi connectivity index (χ0v) is 36.7. The topological polar surface area (TPSA) is 78.9 Å². The van der Waals surface area contributed by atoms with Crippen molar-refractivity contribution in [2.24, 2.45) is 5.92 Å². The van der Waals surface area contributed by atoms with E-state index in [2.05, 4.69) is 27.7 Å². The summed E-state index contributed by atoms with van der Waals surface area (Å²) in [7, 11) is 0. The van der Waals surface area contributed by atoms with E-state index < -0.39 is 6.10 Å². The molecule has 0 aliphatic rings. The molecule has 2 atom stereocenters. The molecule has 0 amide bonds. The summed E-state index contributed by atoms with van der Waals surface area (Å²) in [6.07, 6.45) is 42.2. The Hall–Kier alpha value is -1.59. The largest absolute Gasteiger partial charge is 0.462 e. The van der Waals surface area contributed by atoms with Crippen LogP contribution in [0.15, 0.2) is 0 Å². The lowest BCUT2D eigenvalue weighted by molar-refractivity contribution is -0.167. The van der Waals surface area contributed by atoms with Gasteiger partial charge in [0.2, 0.25) is 0 Å². The van der Waals surface area contributed by atoms with E-state index in [0.717, 1.165) is 63.7 Å². The van der Waals surface area contributed by atoms with Gasteiger partial charge in [-0.05, 0) is 25.2 Å². The van der Waals surface area contributed by atoms with Gasteiger partial charge < -0.3 is 14.2 Å². The number of carbonyl (C=O) groups is 3. The van der Waals surface area contributed by atoms with Crippen LogP contribution in [0.4, 0.5) is 0 Å². The molecule has 6 nitrogen and oxygen atoms in total. The van der Waals surface area contributed by atoms with Gasteiger partial charge in [0.05, 0.1) is 0 Å². The van der Waals surface area contributed by atoms with E-state index in [1.807, 2.05) is 0 Å². The predicted molar refractivity (Wildman–Crippen MR) is 229 cm³/mol. The minimum atomic E-state index is -0.759. The third-order valence-corrected chi connectivity index (χ3v) is 11.2. The van der Waals surface area contributed by atoms with Crippen molar-refractivity contribution in [1.82, 2.24) is 0 Å². The smallest absolute Gasteiger partial charge is 0.306 e. The lowest BCUT2D eigenvalue weighted by atomic mass is 9.99. The molecule has 0 aromatic rings. The van der Waals surface area contributed by atoms with Gasteiger partial charge in [0.25, 0.3) is 0 Å². The van der Waals surface area contributed by atoms with Crippen LogP contribution in [0.2, 0.25) is 0 Å². The van der Waals surface area contributed by atoms with Crippen molar-refractivity contribution in [3.63, 3.8) is 0 Å². The minimum absolute atomic E-state index is 0.0635. The van der Waals surface area contributed by atoms with Gasteiger partial charge in [0.1, 0.15) is 13.2 Å². The van der Waals surface area contributed by atoms with Gasteiger partial charge in [-0.25, -0.2) is 0 Å². The van der Waals surface area contributed by atoms with Crippen molar-refractivity contribution < 1.29 is 28.6 Å². The van der Waals surface area contributed by atoms with Gasteiger partial charge in [-0.1, -0.05) is 227 Å². The summed E-state index contributed by atoms with van der Waals surface area (Å²) in [4.78, 5) is 37.7. The van der Waals surface area contributed by atoms with Crippen LogP contribution in [0.5, 0.6) is 0 Å². The molecule has 0 aliphatic heterocycles. The molecule has 0 aliphatic carbocycles. The Morgan fingerprint density at radius 3 is 0.963 bits per heavy atom. The van der Waals surface area contributed by atoms with Crippen LogP contribution in [0.25, 0.3) is 0 Å². The van der Waals surface area contributed by atoms with Crippen molar-refractivity contribution >= 4 is 17.9 Å². The molecule has 0 N–H and O–H groups in total. The molecule has 0 spiro atoms. The highest BCUT2D eigenvalue weighted by molar-refractivity contribution is 5.71. The molecule has 54 heavy (non-hydrogen) atoms. The van der Waals surface area contributed by atoms with E-state index >= 15 is 0 Å². The van der Waals surface area contributed by atoms with Crippen LogP contribution < -0.4 is 0 Å². The second kappa shape index (κ2) is 42.6. The molecule has 0 saturated heterocycles. The summed E-state index contributed by atoms with van der Waals surface area (Å²) in [5.41, 5.74) is 0. The van der Waals surface area contributed by atoms with Crippen molar-refractivity contribution in [3.8, 4) is 0 Å². The zero-order valence-electron chi connectivity index (χ0n) is 36.7. The summed E-state index contributed by atoms with van der Waals surface area (Å²) < 4.78 is 16.7. The summed E-state index contributed by atoms with van der Waals surface area (Å²) in [5, 5.41) is 0. The quantitative estimate of drug-likeness (QED) is 0.0349. The first-order valence-electron chi connectivity index (χ1n) is 23.9. The number of hydrogen-bond donors (Lipinski definition) is 0. The molecule has 0 aromatic carbocycles. The van der Waals surface area contributed by atoms with Gasteiger partial charge in [0.15, 0.2) is 6.10 Å². The molecule has 320 valence electrons. The van der Waals surface area contributed by atoms with Gasteiger partial charge in [0, 0.05) is 19.3 Å². The molecule has 0 saturated carbocycles. The first-order chi connectivity index (χ1) is 26.4. The van der Waals surface area contributed by atoms with Crippen LogP contribution in [0.1, 0.15) is 265 Å². The number of carbonyl (C=O) groups excluding carboxylic acids is 3. The fraction of sp³-hybridized carbons (Fsp3) is 0.938. The fourth-order valence-electron chi connectivity index (χ4n) is 7.12. The van der Waals surface area contributed by atoms with Gasteiger partial charge >= 0.3 is 17.9 Å². The van der Waals surface area contributed by atoms with Crippen LogP contribution in [-0.2, 0) is 28.6 Å². The molecule has 6 heteroatoms. The molecular weight excluding hydrogens is 673 g/mol. The van der Waals surface area contributed by atoms with Crippen molar-refractivity contribution in [2.45, 2.75) is 271 Å². The zero-order chi connectivity index (χ0) is 39.6. The Labute approximate surface area is 336 Å². The number of unbranched alkanes of at least 4 members (excludes halogenated alkanes) is 29. The molecule has 0 radical (unpaired) electrons. The Bertz CT molecular complexity index is 813. The second-order valence-electron chi connectivity index (χ2n) is 16.6. The normalized spacial score (nSPS) is 12.4. The molecule has 0 heterocycles. The fourth-order valence-corrected chi connectivity index (χ4v) is 7.12. The Morgan fingerprint density at radius 2 is 0.648 bits per heavy atom. The highest BCUT2D eigenvalue weighted by atomic mass is 16.6. The van der Waals surface area contributed by atoms with E-state index in [9.17, 15) is 14.4 Å². The standard InChI is InChI=1S/C48H92O6/c1-5-8-10-12-14-16-17-18-19-24-28-32-36-40-47(50)53-43-45(42-52-46(49)39-35-31-27-22-15-13-11-9-6-2)54-48(51)41-37-33-29-25-21-20-23-26-30-34-38-44(4)7-3/h44-45H,5-43H2,1-4H3/t44?,45-/m1/s1. The van der Waals surface area contributed by atoms with E-state index in [4.69, 9.17) is 14.2 Å². The molecular formula is C48H92O6. The minimum Gasteiger partial charge on any atom is -0.462 e. The van der Waals surface area contributed by atoms with Crippen LogP contribution in [0.3, 0.4) is 0 Å². The molecule has 0 bridgehead atoms. The van der Waals surface area contributed by atoms with Crippen LogP contribution in [-0.4, -0.2) is 37.2 Å². The monoisotopic (exact) mass is 765 g/mol. The van der Waals surface area contributed by atoms with Crippen molar-refractivity contribution in [2.75, 3.05) is 13.2 Å². The molecule has 0 rings (SSSR count). The Balaban J connectivity index is 4.31. The third-order valence-electron chi connectivity index (χ3n) is 11.2. The maximum atomic E-state index is 12.7. The first kappa shape index (κ1) is 52.4. The van der Waals surface area contributed by atoms with Crippen LogP contribution >= 0.6 is 0 Å². The van der Waals surface area contributed by atoms with Gasteiger partial charge in [-0.2, -0.15) is 0 Å². The Morgan fingerprint density at radius 1 is 0.370 bits per heavy atom. The lowest BCUT2D eigenvalue weighted by Gasteiger charge is -2.18. The number of ether oxygens (including phenoxy) is 3. The SMILES string of the molecule is CCCCCCCCCCCCCCCC(=O)OC[C@@H](COC(=O)CCCCCCCCCCC)OC(=O)CCCCCCCCCCCCC(C)CC. The third kappa shape index (κ3) is 40.1. The average molecular weight is 765 g/mol. The van der Waals surface area contributed by atoms with E-state index in [0.29, 0.717) is 19.3 Å². The number of hydrogen-bond acceptors (Lipinski definition) is 6. The summed E-state index contributed by atoms with van der Waals surface area (Å²) in [5.74, 6) is 0.0145. The van der Waals surface area contributed by atoms with Crippen molar-refractivity contribution in [3.05, 3.63) is 0 Å². The van der Waals surface area contributed by atoms with Gasteiger partial charge in [-0.3, -0.25) is 14.4 Å². The number of rotatable bonds is 43. The molecule has 0 aromatic heterocycles. The van der Waals surface area contributed by atoms with Gasteiger partial charge in [-0.15, -0.1) is 0 Å². The Kier molecular flexibility index (Phi) is 41.3. The average Bonchev–Trinajstić information content (AvgIpc) is 3.17. The molecule has 0 fully saturated rings. The van der Waals surface area contributed by atoms with Crippen LogP contribution in [0, 0.1) is 5.92 Å². The summed E-state index contributed by atoms with van der Waals surface area (Å²) >= 11 is 0. The summed E-state index contributed by atoms with van der Waals surface area (Å²) in [6.45, 7) is 9.01. The highest BCUT2D eigenvalue weighted by Crippen LogP contribution is 2.17. The highest BCUT2D eigenvalue weighted by Gasteiger charge is 2.19. The molecule has 1 unspecified atom stereocenters. The summed E-state index contributed by atoms with van der Waals surface area (Å²) in [6, 6.07) is 0. The lowest BCUT2D eigenvalue weighted by Crippen LogP contribution is -2.30. The second-order valence-corrected chi connectivity index (χ2v) is 16.6. The van der Waals surface area contributed by atoms with Crippen molar-refractivity contribution in [1.29, 1.82) is 0 Å². The maximum absolute atomic E-state index is 12.7. The van der Waals surface area contributed by atoms with E-state index in [1.165, 1.54) is 161 Å². The predicted octanol–water partition coefficient (Wildman–Crippen LogP) is 15.1.